The number of aromatic nitrogens is 6. The van der Waals surface area contributed by atoms with Gasteiger partial charge in [-0.25, -0.2) is 9.59 Å². The topological polar surface area (TPSA) is 250 Å². The van der Waals surface area contributed by atoms with Gasteiger partial charge >= 0.3 is 139 Å². The number of rotatable bonds is 20. The summed E-state index contributed by atoms with van der Waals surface area (Å²) in [7, 11) is 1.68. The minimum Gasteiger partial charge on any atom is -1.00 e. The van der Waals surface area contributed by atoms with Crippen molar-refractivity contribution in [2.24, 2.45) is 0 Å². The average Bonchev–Trinajstić information content (AvgIpc) is 1.78. The Morgan fingerprint density at radius 2 is 0.927 bits per heavy atom. The van der Waals surface area contributed by atoms with E-state index in [-0.39, 0.29) is 201 Å². The number of phenolic OH excluding ortho intramolecular Hbond substituents is 1. The summed E-state index contributed by atoms with van der Waals surface area (Å²) >= 11 is 21.1. The second kappa shape index (κ2) is 53.2. The number of carboxylic acid groups (broad SMARTS) is 1. The van der Waals surface area contributed by atoms with Crippen LogP contribution in [0, 0.1) is 0 Å². The molecule has 0 bridgehead atoms. The van der Waals surface area contributed by atoms with Crippen molar-refractivity contribution in [1.29, 1.82) is 0 Å². The number of benzene rings is 6. The van der Waals surface area contributed by atoms with Gasteiger partial charge in [-0.3, -0.25) is 23.6 Å². The predicted molar refractivity (Wildman–Crippen MR) is 398 cm³/mol. The van der Waals surface area contributed by atoms with E-state index in [0.29, 0.717) is 56.2 Å². The third-order valence-corrected chi connectivity index (χ3v) is 15.6. The molecule has 10 rings (SSSR count). The van der Waals surface area contributed by atoms with Gasteiger partial charge in [-0.05, 0) is 150 Å². The van der Waals surface area contributed by atoms with Gasteiger partial charge in [0.1, 0.15) is 22.1 Å². The average molecular weight is 1730 g/mol. The quantitative estimate of drug-likeness (QED) is 0.0137. The summed E-state index contributed by atoms with van der Waals surface area (Å²) in [4.78, 5) is 46.1. The molecule has 0 radical (unpaired) electrons. The molecule has 110 heavy (non-hydrogen) atoms. The van der Waals surface area contributed by atoms with Crippen LogP contribution >= 0.6 is 50.7 Å². The second-order valence-corrected chi connectivity index (χ2v) is 23.3. The van der Waals surface area contributed by atoms with Crippen molar-refractivity contribution in [2.45, 2.75) is 146 Å². The molecule has 0 saturated carbocycles. The number of alkyl halides is 10. The number of halogens is 13. The fraction of sp³-hybridized carbons (Fsp3) is 0.347. The molecule has 0 aliphatic carbocycles. The number of methoxy groups -OCH3 is 1. The predicted octanol–water partition coefficient (Wildman–Crippen LogP) is 14.5. The van der Waals surface area contributed by atoms with E-state index in [2.05, 4.69) is 36.1 Å². The van der Waals surface area contributed by atoms with Crippen molar-refractivity contribution < 1.29 is 212 Å². The van der Waals surface area contributed by atoms with Crippen LogP contribution < -0.4 is 118 Å². The molecule has 35 heteroatoms. The minimum atomic E-state index is -4.60. The molecule has 596 valence electrons. The summed E-state index contributed by atoms with van der Waals surface area (Å²) in [6.45, 7) is 12.1. The summed E-state index contributed by atoms with van der Waals surface area (Å²) in [6, 6.07) is 32.5. The van der Waals surface area contributed by atoms with Crippen molar-refractivity contribution in [2.75, 3.05) is 26.9 Å². The number of esters is 2. The largest absolute Gasteiger partial charge is 1.00 e. The second-order valence-electron chi connectivity index (χ2n) is 21.1. The van der Waals surface area contributed by atoms with E-state index in [4.69, 9.17) is 73.3 Å². The van der Waals surface area contributed by atoms with E-state index in [0.717, 1.165) is 74.2 Å². The molecule has 1 aliphatic rings. The monoisotopic (exact) mass is 1730 g/mol. The number of aryl methyl sites for hydroxylation is 3. The Kier molecular flexibility index (Phi) is 52.4. The van der Waals surface area contributed by atoms with Crippen LogP contribution in [0.1, 0.15) is 136 Å². The molecule has 1 fully saturated rings. The third-order valence-electron chi connectivity index (χ3n) is 14.0. The van der Waals surface area contributed by atoms with Crippen LogP contribution in [0.25, 0.3) is 33.8 Å². The van der Waals surface area contributed by atoms with Crippen LogP contribution in [0.15, 0.2) is 164 Å². The van der Waals surface area contributed by atoms with E-state index in [1.807, 2.05) is 33.0 Å². The number of nitrogens with zero attached hydrogens (tertiary/aromatic N) is 6. The van der Waals surface area contributed by atoms with E-state index < -0.39 is 70.2 Å². The Hall–Kier alpha value is -5.90. The number of carboxylic acids is 1. The number of carbonyl (C=O) groups excluding carboxylic acids is 3. The number of aliphatic carboxylic acids is 1. The first kappa shape index (κ1) is 108. The van der Waals surface area contributed by atoms with Gasteiger partial charge in [0.15, 0.2) is 6.29 Å². The maximum Gasteiger partial charge on any atom is 1.00 e. The maximum absolute atomic E-state index is 13.2. The summed E-state index contributed by atoms with van der Waals surface area (Å²) in [6.07, 6.45) is -8.94. The van der Waals surface area contributed by atoms with Gasteiger partial charge in [-0.2, -0.15) is 54.8 Å². The van der Waals surface area contributed by atoms with Crippen LogP contribution in [-0.4, -0.2) is 97.2 Å². The Morgan fingerprint density at radius 1 is 0.573 bits per heavy atom. The zero-order valence-corrected chi connectivity index (χ0v) is 67.6. The van der Waals surface area contributed by atoms with Crippen LogP contribution in [0.4, 0.5) is 39.5 Å². The van der Waals surface area contributed by atoms with E-state index in [9.17, 15) is 64.1 Å². The van der Waals surface area contributed by atoms with E-state index >= 15 is 0 Å². The van der Waals surface area contributed by atoms with Crippen molar-refractivity contribution >= 4 is 75.1 Å². The van der Waals surface area contributed by atoms with Gasteiger partial charge in [0, 0.05) is 101 Å². The summed E-state index contributed by atoms with van der Waals surface area (Å²) in [5, 5.41) is 42.1. The van der Waals surface area contributed by atoms with Crippen LogP contribution in [0.5, 0.6) is 17.2 Å². The van der Waals surface area contributed by atoms with Gasteiger partial charge in [-0.1, -0.05) is 130 Å². The van der Waals surface area contributed by atoms with Crippen LogP contribution in [0.3, 0.4) is 0 Å². The molecule has 1 aliphatic heterocycles. The summed E-state index contributed by atoms with van der Waals surface area (Å²) in [5.74, 6) is -2.26. The molecule has 6 aromatic carbocycles. The first-order chi connectivity index (χ1) is 48.8. The molecule has 0 amide bonds. The maximum atomic E-state index is 13.2. The fourth-order valence-electron chi connectivity index (χ4n) is 9.07. The zero-order valence-electron chi connectivity index (χ0n) is 58.5. The van der Waals surface area contributed by atoms with Gasteiger partial charge < -0.3 is 50.2 Å². The number of carbonyl (C=O) groups is 4. The summed E-state index contributed by atoms with van der Waals surface area (Å²) in [5.41, 5.74) is 0.852. The Bertz CT molecular complexity index is 4220. The standard InChI is InChI=1S/C22H20ClF3N2O3.C20H16ClF3N2O3.C11H10BrF3O2.C11H11ClN2O.C5H10O2.CH2O3.5CH4.2K.H/c1-3-28-11-10-18(27-28)17-13-16(23)8-9-19(17)31-20(21(29)30-4-2)14-6-5-7-15(12-14)22(24,25)26;1-2-26-9-8-16(25-26)15-11-14(21)6-7-17(15)29-18(19(27)28)12-4-3-5-13(10-12)20(22,23)24;1-2-17-10(16)9(12)7-4-3-5-8(6-7)11(13,14)15;1-2-14-6-5-10(13-14)9-7-8(12)3-4-11(9)15;1-6-5-3-2-4-7-5;2-1-4-3;;;;;;;;/h5-13,20H,3-4H2,1-2H3;3-11,18H,2H2,1H3,(H,27,28);3-6,9H,2H2,1H3;3-7,15H,2H2,1H3;5H,2-4H2,1H3;1,3H;5*1H4;;;/q;;;;;;;;;;;2*+1;-1/p-1. The smallest absolute Gasteiger partial charge is 1.00 e. The SMILES string of the molecule is C.C.C.C.C.CCOC(=O)C(Br)c1cccc(C(F)(F)F)c1.CCOC(=O)C(Oc1ccc(Cl)cc1-c1ccn(CC)n1)c1cccc(C(F)(F)F)c1.CCn1ccc(-c2cc(Cl)ccc2O)n1.CCn1ccc(-c2cc(Cl)ccc2OC(C(=O)O)c2cccc(C(F)(F)F)c2)n1.COC1CCCO1.O=CO[O-].[H-].[K+].[K+]. The van der Waals surface area contributed by atoms with Gasteiger partial charge in [0.05, 0.1) is 47.0 Å². The van der Waals surface area contributed by atoms with Crippen molar-refractivity contribution in [1.82, 2.24) is 29.3 Å². The normalized spacial score (nSPS) is 12.5. The molecule has 4 heterocycles. The van der Waals surface area contributed by atoms with E-state index in [1.54, 1.807) is 102 Å². The van der Waals surface area contributed by atoms with Gasteiger partial charge in [0.2, 0.25) is 12.2 Å². The molecule has 0 spiro atoms. The third kappa shape index (κ3) is 34.4. The molecule has 2 N–H and O–H groups in total. The minimum absolute atomic E-state index is 0. The Morgan fingerprint density at radius 3 is 1.26 bits per heavy atom. The molecule has 20 nitrogen and oxygen atoms in total. The molecular formula is C75H89BrCl3F9K2N6O14. The molecule has 3 aromatic heterocycles. The number of phenols is 1. The van der Waals surface area contributed by atoms with Crippen molar-refractivity contribution in [3.8, 4) is 51.0 Å². The number of hydrogen-bond acceptors (Lipinski definition) is 16. The van der Waals surface area contributed by atoms with Crippen molar-refractivity contribution in [3.63, 3.8) is 0 Å². The van der Waals surface area contributed by atoms with Crippen LogP contribution in [-0.2, 0) is 81.2 Å². The van der Waals surface area contributed by atoms with Gasteiger partial charge in [0.25, 0.3) is 6.47 Å². The fourth-order valence-corrected chi connectivity index (χ4v) is 10.0. The number of hydrogen-bond donors (Lipinski definition) is 2. The Balaban J connectivity index is -0.000000660. The van der Waals surface area contributed by atoms with Crippen molar-refractivity contribution in [3.05, 3.63) is 213 Å². The number of ether oxygens (including phenoxy) is 6. The number of aromatic hydroxyl groups is 1. The first-order valence-corrected chi connectivity index (χ1v) is 33.0. The summed E-state index contributed by atoms with van der Waals surface area (Å²) < 4.78 is 152. The van der Waals surface area contributed by atoms with E-state index in [1.165, 1.54) is 42.5 Å². The molecular weight excluding hydrogens is 1640 g/mol. The first-order valence-electron chi connectivity index (χ1n) is 30.9. The van der Waals surface area contributed by atoms with Gasteiger partial charge in [-0.15, -0.1) is 0 Å². The molecule has 4 unspecified atom stereocenters. The van der Waals surface area contributed by atoms with Crippen LogP contribution in [0.2, 0.25) is 15.1 Å². The molecule has 4 atom stereocenters. The zero-order chi connectivity index (χ0) is 76.2. The molecule has 1 saturated heterocycles. The Labute approximate surface area is 744 Å². The molecule has 9 aromatic rings.